The van der Waals surface area contributed by atoms with E-state index in [-0.39, 0.29) is 17.5 Å². The van der Waals surface area contributed by atoms with Crippen LogP contribution >= 0.6 is 0 Å². The molecule has 156 valence electrons. The highest BCUT2D eigenvalue weighted by molar-refractivity contribution is 6.02. The number of benzene rings is 3. The lowest BCUT2D eigenvalue weighted by Crippen LogP contribution is -2.13. The summed E-state index contributed by atoms with van der Waals surface area (Å²) in [7, 11) is 0. The maximum atomic E-state index is 12.2. The third-order valence-corrected chi connectivity index (χ3v) is 4.43. The van der Waals surface area contributed by atoms with E-state index >= 15 is 0 Å². The minimum atomic E-state index is -0.479. The van der Waals surface area contributed by atoms with E-state index in [2.05, 4.69) is 10.6 Å². The fourth-order valence-corrected chi connectivity index (χ4v) is 2.86. The van der Waals surface area contributed by atoms with Crippen molar-refractivity contribution < 1.29 is 14.5 Å². The first kappa shape index (κ1) is 21.4. The second-order valence-corrected chi connectivity index (χ2v) is 6.79. The highest BCUT2D eigenvalue weighted by Crippen LogP contribution is 2.16. The van der Waals surface area contributed by atoms with Gasteiger partial charge in [-0.15, -0.1) is 0 Å². The number of nitrogens with one attached hydrogen (secondary N) is 2. The molecule has 0 unspecified atom stereocenters. The number of nitro groups is 1. The summed E-state index contributed by atoms with van der Waals surface area (Å²) >= 11 is 0. The highest BCUT2D eigenvalue weighted by Gasteiger charge is 2.06. The van der Waals surface area contributed by atoms with Crippen molar-refractivity contribution in [3.05, 3.63) is 106 Å². The molecule has 0 aliphatic heterocycles. The summed E-state index contributed by atoms with van der Waals surface area (Å²) in [6.07, 6.45) is 3.91. The molecule has 0 radical (unpaired) electrons. The van der Waals surface area contributed by atoms with Gasteiger partial charge in [-0.2, -0.15) is 0 Å². The van der Waals surface area contributed by atoms with Crippen molar-refractivity contribution in [1.29, 1.82) is 0 Å². The molecule has 2 amide bonds. The van der Waals surface area contributed by atoms with Gasteiger partial charge in [-0.1, -0.05) is 36.4 Å². The molecule has 0 saturated heterocycles. The molecule has 0 aliphatic carbocycles. The monoisotopic (exact) mass is 415 g/mol. The normalized spacial score (nSPS) is 10.6. The van der Waals surface area contributed by atoms with E-state index in [4.69, 9.17) is 0 Å². The van der Waals surface area contributed by atoms with Crippen LogP contribution in [0.1, 0.15) is 17.5 Å². The molecule has 2 N–H and O–H groups in total. The van der Waals surface area contributed by atoms with Crippen LogP contribution in [0.15, 0.2) is 84.9 Å². The number of hydrogen-bond acceptors (Lipinski definition) is 4. The van der Waals surface area contributed by atoms with Crippen LogP contribution in [0.25, 0.3) is 6.08 Å². The second kappa shape index (κ2) is 10.5. The van der Waals surface area contributed by atoms with Gasteiger partial charge in [0.05, 0.1) is 4.92 Å². The van der Waals surface area contributed by atoms with Crippen LogP contribution in [-0.2, 0) is 16.0 Å². The Kier molecular flexibility index (Phi) is 7.26. The maximum absolute atomic E-state index is 12.2. The van der Waals surface area contributed by atoms with Gasteiger partial charge < -0.3 is 10.6 Å². The average molecular weight is 415 g/mol. The predicted molar refractivity (Wildman–Crippen MR) is 121 cm³/mol. The van der Waals surface area contributed by atoms with Crippen LogP contribution in [0.5, 0.6) is 0 Å². The number of rotatable bonds is 8. The Morgan fingerprint density at radius 1 is 0.871 bits per heavy atom. The Bertz CT molecular complexity index is 1090. The zero-order chi connectivity index (χ0) is 22.1. The summed E-state index contributed by atoms with van der Waals surface area (Å²) in [5, 5.41) is 16.2. The molecule has 0 fully saturated rings. The van der Waals surface area contributed by atoms with Crippen molar-refractivity contribution in [2.45, 2.75) is 12.8 Å². The van der Waals surface area contributed by atoms with Crippen molar-refractivity contribution >= 4 is 35.0 Å². The predicted octanol–water partition coefficient (Wildman–Crippen LogP) is 4.82. The lowest BCUT2D eigenvalue weighted by molar-refractivity contribution is -0.384. The van der Waals surface area contributed by atoms with E-state index in [0.717, 1.165) is 5.56 Å². The van der Waals surface area contributed by atoms with Gasteiger partial charge in [0, 0.05) is 36.0 Å². The van der Waals surface area contributed by atoms with E-state index in [1.54, 1.807) is 42.5 Å². The average Bonchev–Trinajstić information content (AvgIpc) is 2.77. The number of nitro benzene ring substituents is 1. The lowest BCUT2D eigenvalue weighted by atomic mass is 10.1. The molecule has 3 rings (SSSR count). The number of hydrogen-bond donors (Lipinski definition) is 2. The number of carbonyl (C=O) groups is 2. The second-order valence-electron chi connectivity index (χ2n) is 6.79. The third-order valence-electron chi connectivity index (χ3n) is 4.43. The molecule has 7 nitrogen and oxygen atoms in total. The van der Waals surface area contributed by atoms with Crippen LogP contribution in [0.4, 0.5) is 17.1 Å². The zero-order valence-electron chi connectivity index (χ0n) is 16.7. The van der Waals surface area contributed by atoms with Crippen molar-refractivity contribution in [1.82, 2.24) is 0 Å². The quantitative estimate of drug-likeness (QED) is 0.313. The Balaban J connectivity index is 1.52. The van der Waals surface area contributed by atoms with Crippen molar-refractivity contribution in [3.63, 3.8) is 0 Å². The minimum Gasteiger partial charge on any atom is -0.326 e. The number of nitrogens with zero attached hydrogens (tertiary/aromatic N) is 1. The van der Waals surface area contributed by atoms with Crippen LogP contribution in [0, 0.1) is 10.1 Å². The number of anilines is 2. The topological polar surface area (TPSA) is 101 Å². The fourth-order valence-electron chi connectivity index (χ4n) is 2.86. The third kappa shape index (κ3) is 6.93. The summed E-state index contributed by atoms with van der Waals surface area (Å²) in [6.45, 7) is 0. The fraction of sp³-hybridized carbons (Fsp3) is 0.0833. The van der Waals surface area contributed by atoms with E-state index in [1.807, 2.05) is 30.3 Å². The Morgan fingerprint density at radius 2 is 1.55 bits per heavy atom. The van der Waals surface area contributed by atoms with E-state index < -0.39 is 4.92 Å². The van der Waals surface area contributed by atoms with Crippen molar-refractivity contribution in [2.24, 2.45) is 0 Å². The van der Waals surface area contributed by atoms with Crippen LogP contribution in [0.3, 0.4) is 0 Å². The standard InChI is InChI=1S/C24H21N3O4/c28-23(15-11-18-5-2-1-3-6-18)25-20-7-4-8-21(17-20)26-24(29)16-12-19-9-13-22(14-10-19)27(30)31/h1-10,12-14,16-17H,11,15H2,(H,25,28)(H,26,29)/b16-12+. The molecule has 0 spiro atoms. The van der Waals surface area contributed by atoms with Crippen molar-refractivity contribution in [3.8, 4) is 0 Å². The maximum Gasteiger partial charge on any atom is 0.269 e. The molecular weight excluding hydrogens is 394 g/mol. The van der Waals surface area contributed by atoms with Gasteiger partial charge in [-0.3, -0.25) is 19.7 Å². The van der Waals surface area contributed by atoms with Crippen LogP contribution < -0.4 is 10.6 Å². The van der Waals surface area contributed by atoms with E-state index in [1.165, 1.54) is 18.2 Å². The van der Waals surface area contributed by atoms with Gasteiger partial charge in [0.15, 0.2) is 0 Å². The van der Waals surface area contributed by atoms with Crippen LogP contribution in [-0.4, -0.2) is 16.7 Å². The van der Waals surface area contributed by atoms with Gasteiger partial charge in [-0.05, 0) is 54.0 Å². The molecule has 31 heavy (non-hydrogen) atoms. The van der Waals surface area contributed by atoms with Gasteiger partial charge in [-0.25, -0.2) is 0 Å². The number of carbonyl (C=O) groups excluding carboxylic acids is 2. The molecular formula is C24H21N3O4. The Morgan fingerprint density at radius 3 is 2.23 bits per heavy atom. The van der Waals surface area contributed by atoms with Crippen molar-refractivity contribution in [2.75, 3.05) is 10.6 Å². The highest BCUT2D eigenvalue weighted by atomic mass is 16.6. The molecule has 0 atom stereocenters. The first-order valence-corrected chi connectivity index (χ1v) is 9.67. The summed E-state index contributed by atoms with van der Waals surface area (Å²) in [6, 6.07) is 22.5. The van der Waals surface area contributed by atoms with Gasteiger partial charge in [0.1, 0.15) is 0 Å². The lowest BCUT2D eigenvalue weighted by Gasteiger charge is -2.08. The molecule has 3 aromatic carbocycles. The number of aryl methyl sites for hydroxylation is 1. The molecule has 7 heteroatoms. The summed E-state index contributed by atoms with van der Waals surface area (Å²) in [5.74, 6) is -0.462. The number of non-ortho nitro benzene ring substituents is 1. The Hall–Kier alpha value is -4.26. The van der Waals surface area contributed by atoms with Crippen LogP contribution in [0.2, 0.25) is 0 Å². The summed E-state index contributed by atoms with van der Waals surface area (Å²) < 4.78 is 0. The summed E-state index contributed by atoms with van der Waals surface area (Å²) in [4.78, 5) is 34.5. The largest absolute Gasteiger partial charge is 0.326 e. The molecule has 0 bridgehead atoms. The molecule has 0 aliphatic rings. The van der Waals surface area contributed by atoms with Gasteiger partial charge in [0.25, 0.3) is 5.69 Å². The molecule has 0 aromatic heterocycles. The first-order valence-electron chi connectivity index (χ1n) is 9.67. The molecule has 3 aromatic rings. The van der Waals surface area contributed by atoms with E-state index in [9.17, 15) is 19.7 Å². The number of amides is 2. The molecule has 0 heterocycles. The van der Waals surface area contributed by atoms with Gasteiger partial charge >= 0.3 is 0 Å². The van der Waals surface area contributed by atoms with E-state index in [0.29, 0.717) is 29.8 Å². The smallest absolute Gasteiger partial charge is 0.269 e. The molecule has 0 saturated carbocycles. The van der Waals surface area contributed by atoms with Gasteiger partial charge in [0.2, 0.25) is 11.8 Å². The first-order chi connectivity index (χ1) is 15.0. The SMILES string of the molecule is O=C(/C=C/c1ccc([N+](=O)[O-])cc1)Nc1cccc(NC(=O)CCc2ccccc2)c1. The minimum absolute atomic E-state index is 0.00997. The Labute approximate surface area is 179 Å². The summed E-state index contributed by atoms with van der Waals surface area (Å²) in [5.41, 5.74) is 2.89. The zero-order valence-corrected chi connectivity index (χ0v) is 16.7.